The summed E-state index contributed by atoms with van der Waals surface area (Å²) in [6.45, 7) is 5.08. The summed E-state index contributed by atoms with van der Waals surface area (Å²) in [5, 5.41) is 0. The minimum atomic E-state index is -3.75. The average Bonchev–Trinajstić information content (AvgIpc) is 2.88. The Labute approximate surface area is 202 Å². The second-order valence-corrected chi connectivity index (χ2v) is 11.2. The normalized spacial score (nSPS) is 18.1. The molecular formula is C26H33N3O4S. The monoisotopic (exact) mass is 483 g/mol. The second kappa shape index (κ2) is 10.7. The van der Waals surface area contributed by atoms with Crippen molar-refractivity contribution in [2.24, 2.45) is 11.8 Å². The lowest BCUT2D eigenvalue weighted by atomic mass is 9.92. The van der Waals surface area contributed by atoms with Crippen LogP contribution in [0, 0.1) is 11.8 Å². The molecule has 0 aliphatic carbocycles. The number of piperidine rings is 2. The zero-order valence-electron chi connectivity index (χ0n) is 19.7. The van der Waals surface area contributed by atoms with Gasteiger partial charge in [-0.1, -0.05) is 43.3 Å². The summed E-state index contributed by atoms with van der Waals surface area (Å²) in [6.07, 6.45) is 3.41. The Morgan fingerprint density at radius 2 is 1.53 bits per heavy atom. The van der Waals surface area contributed by atoms with E-state index in [1.165, 1.54) is 12.1 Å². The summed E-state index contributed by atoms with van der Waals surface area (Å²) in [7, 11) is -3.75. The molecule has 0 radical (unpaired) electrons. The second-order valence-electron chi connectivity index (χ2n) is 9.41. The average molecular weight is 484 g/mol. The van der Waals surface area contributed by atoms with Gasteiger partial charge in [-0.15, -0.1) is 0 Å². The van der Waals surface area contributed by atoms with Crippen molar-refractivity contribution in [1.29, 1.82) is 0 Å². The molecule has 182 valence electrons. The van der Waals surface area contributed by atoms with E-state index in [4.69, 9.17) is 0 Å². The maximum atomic E-state index is 13.1. The summed E-state index contributed by atoms with van der Waals surface area (Å²) in [6, 6.07) is 15.4. The molecule has 1 N–H and O–H groups in total. The van der Waals surface area contributed by atoms with E-state index >= 15 is 0 Å². The van der Waals surface area contributed by atoms with E-state index in [0.29, 0.717) is 37.4 Å². The van der Waals surface area contributed by atoms with Gasteiger partial charge in [-0.3, -0.25) is 9.59 Å². The Morgan fingerprint density at radius 1 is 0.882 bits per heavy atom. The number of nitrogens with one attached hydrogen (secondary N) is 1. The molecule has 2 aliphatic rings. The van der Waals surface area contributed by atoms with Crippen molar-refractivity contribution in [2.75, 3.05) is 26.2 Å². The Hall–Kier alpha value is -2.71. The van der Waals surface area contributed by atoms with E-state index in [-0.39, 0.29) is 29.2 Å². The number of amides is 2. The molecule has 4 rings (SSSR count). The molecule has 2 heterocycles. The first kappa shape index (κ1) is 24.4. The predicted octanol–water partition coefficient (Wildman–Crippen LogP) is 3.28. The molecule has 0 saturated carbocycles. The molecule has 2 amide bonds. The number of hydrogen-bond donors (Lipinski definition) is 1. The summed E-state index contributed by atoms with van der Waals surface area (Å²) in [4.78, 5) is 29.7. The van der Waals surface area contributed by atoms with Gasteiger partial charge in [0.15, 0.2) is 0 Å². The molecule has 0 unspecified atom stereocenters. The van der Waals surface area contributed by atoms with Crippen LogP contribution in [0.2, 0.25) is 0 Å². The first-order valence-corrected chi connectivity index (χ1v) is 13.5. The Morgan fingerprint density at radius 3 is 2.21 bits per heavy atom. The lowest BCUT2D eigenvalue weighted by molar-refractivity contribution is -0.138. The molecule has 2 fully saturated rings. The summed E-state index contributed by atoms with van der Waals surface area (Å²) in [5.74, 6) is 0.664. The van der Waals surface area contributed by atoms with Crippen LogP contribution in [0.5, 0.6) is 0 Å². The fourth-order valence-corrected chi connectivity index (χ4v) is 5.72. The van der Waals surface area contributed by atoms with E-state index in [2.05, 4.69) is 11.6 Å². The third-order valence-corrected chi connectivity index (χ3v) is 8.33. The molecule has 0 aromatic heterocycles. The highest BCUT2D eigenvalue weighted by atomic mass is 32.2. The van der Waals surface area contributed by atoms with Gasteiger partial charge in [-0.25, -0.2) is 13.1 Å². The van der Waals surface area contributed by atoms with Gasteiger partial charge in [0.25, 0.3) is 5.91 Å². The Balaban J connectivity index is 1.35. The summed E-state index contributed by atoms with van der Waals surface area (Å²) in [5.41, 5.74) is 1.20. The zero-order chi connectivity index (χ0) is 24.1. The topological polar surface area (TPSA) is 86.8 Å². The van der Waals surface area contributed by atoms with Gasteiger partial charge in [0, 0.05) is 44.2 Å². The van der Waals surface area contributed by atoms with Gasteiger partial charge in [0.1, 0.15) is 0 Å². The van der Waals surface area contributed by atoms with Crippen LogP contribution in [-0.4, -0.2) is 56.2 Å². The molecule has 34 heavy (non-hydrogen) atoms. The number of sulfonamides is 1. The predicted molar refractivity (Wildman–Crippen MR) is 131 cm³/mol. The van der Waals surface area contributed by atoms with Crippen molar-refractivity contribution >= 4 is 21.8 Å². The van der Waals surface area contributed by atoms with E-state index in [9.17, 15) is 18.0 Å². The number of carbonyl (C=O) groups excluding carboxylic acids is 2. The maximum absolute atomic E-state index is 13.1. The maximum Gasteiger partial charge on any atom is 0.253 e. The largest absolute Gasteiger partial charge is 0.342 e. The lowest BCUT2D eigenvalue weighted by Crippen LogP contribution is -2.46. The van der Waals surface area contributed by atoms with Crippen molar-refractivity contribution in [1.82, 2.24) is 14.5 Å². The number of hydrogen-bond acceptors (Lipinski definition) is 4. The smallest absolute Gasteiger partial charge is 0.253 e. The summed E-state index contributed by atoms with van der Waals surface area (Å²) < 4.78 is 28.1. The standard InChI is InChI=1S/C26H33N3O4S/c1-20-10-14-28(15-11-20)25(30)22-12-16-29(17-13-22)26(31)23-8-5-9-24(18-23)34(32,33)27-19-21-6-3-2-4-7-21/h2-9,18,20,22,27H,10-17,19H2,1H3. The van der Waals surface area contributed by atoms with E-state index in [1.807, 2.05) is 35.2 Å². The quantitative estimate of drug-likeness (QED) is 0.683. The van der Waals surface area contributed by atoms with Gasteiger partial charge >= 0.3 is 0 Å². The van der Waals surface area contributed by atoms with Crippen LogP contribution >= 0.6 is 0 Å². The third-order valence-electron chi connectivity index (χ3n) is 6.93. The van der Waals surface area contributed by atoms with E-state index in [1.54, 1.807) is 17.0 Å². The molecular weight excluding hydrogens is 450 g/mol. The van der Waals surface area contributed by atoms with Gasteiger partial charge in [-0.2, -0.15) is 0 Å². The first-order chi connectivity index (χ1) is 16.3. The number of nitrogens with zero attached hydrogens (tertiary/aromatic N) is 2. The van der Waals surface area contributed by atoms with Crippen LogP contribution in [0.3, 0.4) is 0 Å². The molecule has 0 spiro atoms. The van der Waals surface area contributed by atoms with Crippen LogP contribution in [-0.2, 0) is 21.4 Å². The van der Waals surface area contributed by atoms with Crippen molar-refractivity contribution < 1.29 is 18.0 Å². The number of rotatable bonds is 6. The minimum Gasteiger partial charge on any atom is -0.342 e. The SMILES string of the molecule is CC1CCN(C(=O)C2CCN(C(=O)c3cccc(S(=O)(=O)NCc4ccccc4)c3)CC2)CC1. The fraction of sp³-hybridized carbons (Fsp3) is 0.462. The minimum absolute atomic E-state index is 0.0358. The highest BCUT2D eigenvalue weighted by molar-refractivity contribution is 7.89. The molecule has 2 aromatic carbocycles. The van der Waals surface area contributed by atoms with Crippen LogP contribution in [0.4, 0.5) is 0 Å². The van der Waals surface area contributed by atoms with Gasteiger partial charge in [-0.05, 0) is 55.4 Å². The van der Waals surface area contributed by atoms with Gasteiger partial charge in [0.05, 0.1) is 4.90 Å². The van der Waals surface area contributed by atoms with Crippen LogP contribution in [0.15, 0.2) is 59.5 Å². The van der Waals surface area contributed by atoms with Crippen LogP contribution in [0.25, 0.3) is 0 Å². The molecule has 8 heteroatoms. The Kier molecular flexibility index (Phi) is 7.68. The van der Waals surface area contributed by atoms with Crippen molar-refractivity contribution in [3.63, 3.8) is 0 Å². The zero-order valence-corrected chi connectivity index (χ0v) is 20.5. The van der Waals surface area contributed by atoms with E-state index in [0.717, 1.165) is 31.5 Å². The fourth-order valence-electron chi connectivity index (χ4n) is 4.65. The molecule has 0 bridgehead atoms. The summed E-state index contributed by atoms with van der Waals surface area (Å²) >= 11 is 0. The molecule has 0 atom stereocenters. The molecule has 2 saturated heterocycles. The van der Waals surface area contributed by atoms with Crippen molar-refractivity contribution in [2.45, 2.75) is 44.0 Å². The van der Waals surface area contributed by atoms with Crippen LogP contribution in [0.1, 0.15) is 48.5 Å². The highest BCUT2D eigenvalue weighted by Gasteiger charge is 2.32. The van der Waals surface area contributed by atoms with Crippen LogP contribution < -0.4 is 4.72 Å². The van der Waals surface area contributed by atoms with Gasteiger partial charge < -0.3 is 9.80 Å². The van der Waals surface area contributed by atoms with E-state index < -0.39 is 10.0 Å². The molecule has 2 aromatic rings. The van der Waals surface area contributed by atoms with Gasteiger partial charge in [0.2, 0.25) is 15.9 Å². The first-order valence-electron chi connectivity index (χ1n) is 12.1. The third kappa shape index (κ3) is 5.85. The number of benzene rings is 2. The van der Waals surface area contributed by atoms with Crippen molar-refractivity contribution in [3.05, 3.63) is 65.7 Å². The number of carbonyl (C=O) groups is 2. The highest BCUT2D eigenvalue weighted by Crippen LogP contribution is 2.25. The molecule has 7 nitrogen and oxygen atoms in total. The number of likely N-dealkylation sites (tertiary alicyclic amines) is 2. The van der Waals surface area contributed by atoms with Crippen molar-refractivity contribution in [3.8, 4) is 0 Å². The lowest BCUT2D eigenvalue weighted by Gasteiger charge is -2.36. The molecule has 2 aliphatic heterocycles. The Bertz CT molecular complexity index is 1100.